The van der Waals surface area contributed by atoms with E-state index in [2.05, 4.69) is 5.32 Å². The normalized spacial score (nSPS) is 10.8. The van der Waals surface area contributed by atoms with Crippen LogP contribution < -0.4 is 5.32 Å². The van der Waals surface area contributed by atoms with Gasteiger partial charge in [0.25, 0.3) is 0 Å². The molecule has 33 heavy (non-hydrogen) atoms. The fraction of sp³-hybridized carbons (Fsp3) is 0.360. The summed E-state index contributed by atoms with van der Waals surface area (Å²) in [6, 6.07) is 14.8. The van der Waals surface area contributed by atoms with Crippen LogP contribution in [0.15, 0.2) is 65.4 Å². The molecule has 0 aliphatic heterocycles. The third-order valence-electron chi connectivity index (χ3n) is 5.38. The van der Waals surface area contributed by atoms with Crippen molar-refractivity contribution >= 4 is 17.6 Å². The molecule has 0 spiro atoms. The first kappa shape index (κ1) is 24.1. The van der Waals surface area contributed by atoms with Gasteiger partial charge in [-0.2, -0.15) is 0 Å². The van der Waals surface area contributed by atoms with Crippen molar-refractivity contribution in [3.8, 4) is 0 Å². The minimum Gasteiger partial charge on any atom is -0.467 e. The van der Waals surface area contributed by atoms with Crippen LogP contribution >= 0.6 is 0 Å². The molecule has 1 aromatic carbocycles. The maximum absolute atomic E-state index is 13.4. The van der Waals surface area contributed by atoms with Gasteiger partial charge in [0.2, 0.25) is 5.91 Å². The number of aromatic nitrogens is 1. The summed E-state index contributed by atoms with van der Waals surface area (Å²) in [6.07, 6.45) is 4.16. The van der Waals surface area contributed by atoms with Crippen molar-refractivity contribution in [1.29, 1.82) is 0 Å². The molecule has 2 heterocycles. The fourth-order valence-corrected chi connectivity index (χ4v) is 3.43. The van der Waals surface area contributed by atoms with Gasteiger partial charge in [-0.25, -0.2) is 4.79 Å². The van der Waals surface area contributed by atoms with Crippen molar-refractivity contribution < 1.29 is 18.7 Å². The molecule has 3 rings (SSSR count). The van der Waals surface area contributed by atoms with E-state index in [0.29, 0.717) is 44.1 Å². The molecule has 0 unspecified atom stereocenters. The van der Waals surface area contributed by atoms with Crippen molar-refractivity contribution in [3.63, 3.8) is 0 Å². The number of carbonyl (C=O) groups excluding carboxylic acids is 2. The molecule has 0 aliphatic rings. The summed E-state index contributed by atoms with van der Waals surface area (Å²) in [5, 5.41) is 2.89. The van der Waals surface area contributed by atoms with E-state index in [-0.39, 0.29) is 18.5 Å². The first-order chi connectivity index (χ1) is 16.0. The number of amides is 3. The lowest BCUT2D eigenvalue weighted by atomic mass is 10.2. The molecule has 0 aliphatic carbocycles. The molecule has 0 radical (unpaired) electrons. The summed E-state index contributed by atoms with van der Waals surface area (Å²) >= 11 is 0. The SMILES string of the molecule is COCCCN(CC(=O)N(Cc1ccco1)Cc1cccn1C)C(=O)Nc1ccc(C)cc1. The topological polar surface area (TPSA) is 80.0 Å². The summed E-state index contributed by atoms with van der Waals surface area (Å²) in [7, 11) is 3.56. The number of aryl methyl sites for hydroxylation is 2. The van der Waals surface area contributed by atoms with E-state index in [1.165, 1.54) is 4.90 Å². The Bertz CT molecular complexity index is 1010. The molecule has 176 valence electrons. The van der Waals surface area contributed by atoms with Crippen molar-refractivity contribution in [3.05, 3.63) is 78.0 Å². The quantitative estimate of drug-likeness (QED) is 0.446. The van der Waals surface area contributed by atoms with Crippen LogP contribution in [0.2, 0.25) is 0 Å². The summed E-state index contributed by atoms with van der Waals surface area (Å²) in [5.74, 6) is 0.525. The van der Waals surface area contributed by atoms with E-state index in [9.17, 15) is 9.59 Å². The lowest BCUT2D eigenvalue weighted by Crippen LogP contribution is -2.44. The monoisotopic (exact) mass is 452 g/mol. The number of methoxy groups -OCH3 is 1. The molecular weight excluding hydrogens is 420 g/mol. The molecular formula is C25H32N4O4. The molecule has 3 aromatic rings. The van der Waals surface area contributed by atoms with Gasteiger partial charge in [-0.15, -0.1) is 0 Å². The molecule has 0 fully saturated rings. The van der Waals surface area contributed by atoms with Crippen LogP contribution in [0.3, 0.4) is 0 Å². The number of ether oxygens (including phenoxy) is 1. The smallest absolute Gasteiger partial charge is 0.322 e. The minimum absolute atomic E-state index is 0.0491. The van der Waals surface area contributed by atoms with Crippen LogP contribution in [-0.2, 0) is 29.7 Å². The summed E-state index contributed by atoms with van der Waals surface area (Å²) in [4.78, 5) is 29.6. The third-order valence-corrected chi connectivity index (χ3v) is 5.38. The standard InChI is InChI=1S/C25H32N4O4/c1-20-9-11-21(12-10-20)26-25(31)28(14-6-15-32-3)19-24(30)29(18-23-8-5-16-33-23)17-22-7-4-13-27(22)2/h4-5,7-13,16H,6,14-15,17-19H2,1-3H3,(H,26,31). The maximum atomic E-state index is 13.4. The van der Waals surface area contributed by atoms with Crippen LogP contribution in [0, 0.1) is 6.92 Å². The first-order valence-corrected chi connectivity index (χ1v) is 11.0. The zero-order valence-corrected chi connectivity index (χ0v) is 19.5. The van der Waals surface area contributed by atoms with E-state index in [4.69, 9.17) is 9.15 Å². The predicted octanol–water partition coefficient (Wildman–Crippen LogP) is 4.03. The predicted molar refractivity (Wildman–Crippen MR) is 127 cm³/mol. The highest BCUT2D eigenvalue weighted by atomic mass is 16.5. The Hall–Kier alpha value is -3.52. The third kappa shape index (κ3) is 7.25. The number of nitrogens with zero attached hydrogens (tertiary/aromatic N) is 3. The van der Waals surface area contributed by atoms with Crippen LogP contribution in [0.5, 0.6) is 0 Å². The second kappa shape index (κ2) is 11.9. The Balaban J connectivity index is 1.73. The van der Waals surface area contributed by atoms with Gasteiger partial charge in [0.1, 0.15) is 12.3 Å². The Morgan fingerprint density at radius 1 is 1.06 bits per heavy atom. The molecule has 0 saturated heterocycles. The number of hydrogen-bond acceptors (Lipinski definition) is 4. The Labute approximate surface area is 194 Å². The number of anilines is 1. The molecule has 1 N–H and O–H groups in total. The van der Waals surface area contributed by atoms with E-state index < -0.39 is 0 Å². The number of rotatable bonds is 11. The van der Waals surface area contributed by atoms with Gasteiger partial charge in [0.05, 0.1) is 19.4 Å². The van der Waals surface area contributed by atoms with Crippen LogP contribution in [0.1, 0.15) is 23.4 Å². The fourth-order valence-electron chi connectivity index (χ4n) is 3.43. The second-order valence-electron chi connectivity index (χ2n) is 8.00. The maximum Gasteiger partial charge on any atom is 0.322 e. The van der Waals surface area contributed by atoms with E-state index in [1.807, 2.05) is 67.2 Å². The summed E-state index contributed by atoms with van der Waals surface area (Å²) < 4.78 is 12.6. The Kier molecular flexibility index (Phi) is 8.71. The van der Waals surface area contributed by atoms with Crippen molar-refractivity contribution in [1.82, 2.24) is 14.4 Å². The molecule has 0 saturated carbocycles. The highest BCUT2D eigenvalue weighted by molar-refractivity contribution is 5.92. The number of furan rings is 1. The molecule has 0 atom stereocenters. The van der Waals surface area contributed by atoms with Gasteiger partial charge in [-0.3, -0.25) is 4.79 Å². The molecule has 0 bridgehead atoms. The van der Waals surface area contributed by atoms with Crippen molar-refractivity contribution in [2.45, 2.75) is 26.4 Å². The highest BCUT2D eigenvalue weighted by Crippen LogP contribution is 2.14. The van der Waals surface area contributed by atoms with Gasteiger partial charge in [0.15, 0.2) is 0 Å². The minimum atomic E-state index is -0.319. The van der Waals surface area contributed by atoms with Gasteiger partial charge < -0.3 is 28.8 Å². The molecule has 3 amide bonds. The average molecular weight is 453 g/mol. The summed E-state index contributed by atoms with van der Waals surface area (Å²) in [6.45, 7) is 3.57. The van der Waals surface area contributed by atoms with Crippen LogP contribution in [-0.4, -0.2) is 53.1 Å². The Morgan fingerprint density at radius 3 is 2.48 bits per heavy atom. The van der Waals surface area contributed by atoms with E-state index in [1.54, 1.807) is 24.3 Å². The molecule has 8 heteroatoms. The highest BCUT2D eigenvalue weighted by Gasteiger charge is 2.23. The van der Waals surface area contributed by atoms with E-state index in [0.717, 1.165) is 11.3 Å². The van der Waals surface area contributed by atoms with E-state index >= 15 is 0 Å². The number of benzene rings is 1. The van der Waals surface area contributed by atoms with Crippen LogP contribution in [0.4, 0.5) is 10.5 Å². The lowest BCUT2D eigenvalue weighted by molar-refractivity contribution is -0.133. The van der Waals surface area contributed by atoms with Crippen molar-refractivity contribution in [2.75, 3.05) is 32.1 Å². The number of nitrogens with one attached hydrogen (secondary N) is 1. The Morgan fingerprint density at radius 2 is 1.85 bits per heavy atom. The number of carbonyl (C=O) groups is 2. The van der Waals surface area contributed by atoms with Gasteiger partial charge >= 0.3 is 6.03 Å². The number of urea groups is 1. The van der Waals surface area contributed by atoms with Gasteiger partial charge in [-0.05, 0) is 49.7 Å². The zero-order valence-electron chi connectivity index (χ0n) is 19.5. The van der Waals surface area contributed by atoms with Gasteiger partial charge in [-0.1, -0.05) is 17.7 Å². The lowest BCUT2D eigenvalue weighted by Gasteiger charge is -2.27. The summed E-state index contributed by atoms with van der Waals surface area (Å²) in [5.41, 5.74) is 2.78. The second-order valence-corrected chi connectivity index (χ2v) is 8.00. The average Bonchev–Trinajstić information content (AvgIpc) is 3.46. The van der Waals surface area contributed by atoms with Crippen molar-refractivity contribution in [2.24, 2.45) is 7.05 Å². The molecule has 8 nitrogen and oxygen atoms in total. The van der Waals surface area contributed by atoms with Crippen LogP contribution in [0.25, 0.3) is 0 Å². The van der Waals surface area contributed by atoms with Gasteiger partial charge in [0, 0.05) is 44.9 Å². The first-order valence-electron chi connectivity index (χ1n) is 11.0. The largest absolute Gasteiger partial charge is 0.467 e. The molecule has 2 aromatic heterocycles. The zero-order chi connectivity index (χ0) is 23.6. The number of hydrogen-bond donors (Lipinski definition) is 1.